The Kier molecular flexibility index (Phi) is 5.92. The van der Waals surface area contributed by atoms with Crippen LogP contribution in [0.4, 0.5) is 5.13 Å². The quantitative estimate of drug-likeness (QED) is 0.811. The summed E-state index contributed by atoms with van der Waals surface area (Å²) < 4.78 is 0. The van der Waals surface area contributed by atoms with Crippen LogP contribution in [0.2, 0.25) is 0 Å². The minimum atomic E-state index is 0.729. The summed E-state index contributed by atoms with van der Waals surface area (Å²) in [4.78, 5) is 8.44. The third-order valence-electron chi connectivity index (χ3n) is 3.10. The van der Waals surface area contributed by atoms with Gasteiger partial charge in [-0.3, -0.25) is 0 Å². The Morgan fingerprint density at radius 2 is 2.12 bits per heavy atom. The monoisotopic (exact) mass is 255 g/mol. The van der Waals surface area contributed by atoms with Crippen LogP contribution in [0.5, 0.6) is 0 Å². The Balaban J connectivity index is 2.77. The number of hydrogen-bond donors (Lipinski definition) is 1. The molecule has 1 aromatic heterocycles. The van der Waals surface area contributed by atoms with Crippen LogP contribution < -0.4 is 10.2 Å². The second-order valence-electron chi connectivity index (χ2n) is 4.59. The number of thiazole rings is 1. The first-order valence-electron chi connectivity index (χ1n) is 6.48. The molecular formula is C13H25N3S. The molecular weight excluding hydrogens is 230 g/mol. The molecule has 0 aliphatic carbocycles. The fourth-order valence-electron chi connectivity index (χ4n) is 1.72. The van der Waals surface area contributed by atoms with Gasteiger partial charge in [0.2, 0.25) is 0 Å². The molecule has 0 bridgehead atoms. The molecule has 0 saturated heterocycles. The zero-order valence-electron chi connectivity index (χ0n) is 11.7. The minimum absolute atomic E-state index is 0.729. The summed E-state index contributed by atoms with van der Waals surface area (Å²) in [6.07, 6.45) is 1.23. The van der Waals surface area contributed by atoms with E-state index in [1.165, 1.54) is 22.1 Å². The summed E-state index contributed by atoms with van der Waals surface area (Å²) in [6, 6.07) is 0. The van der Waals surface area contributed by atoms with E-state index in [-0.39, 0.29) is 0 Å². The van der Waals surface area contributed by atoms with Gasteiger partial charge in [-0.15, -0.1) is 11.3 Å². The standard InChI is InChI=1S/C13H25N3S/c1-6-10(3)9-16(7-2)13-15-11(4)12(17-13)8-14-5/h10,14H,6-9H2,1-5H3. The molecule has 0 spiro atoms. The molecule has 1 heterocycles. The molecule has 0 amide bonds. The van der Waals surface area contributed by atoms with Crippen molar-refractivity contribution in [1.29, 1.82) is 0 Å². The first-order chi connectivity index (χ1) is 8.12. The van der Waals surface area contributed by atoms with Gasteiger partial charge in [-0.05, 0) is 26.8 Å². The van der Waals surface area contributed by atoms with E-state index in [1.54, 1.807) is 0 Å². The van der Waals surface area contributed by atoms with E-state index in [1.807, 2.05) is 18.4 Å². The molecule has 0 aliphatic heterocycles. The zero-order valence-corrected chi connectivity index (χ0v) is 12.5. The average Bonchev–Trinajstić information content (AvgIpc) is 2.68. The number of anilines is 1. The smallest absolute Gasteiger partial charge is 0.185 e. The molecule has 1 atom stereocenters. The van der Waals surface area contributed by atoms with Crippen molar-refractivity contribution in [3.05, 3.63) is 10.6 Å². The molecule has 1 unspecified atom stereocenters. The number of hydrogen-bond acceptors (Lipinski definition) is 4. The summed E-state index contributed by atoms with van der Waals surface area (Å²) in [7, 11) is 1.98. The maximum atomic E-state index is 4.69. The van der Waals surface area contributed by atoms with Crippen LogP contribution in [-0.2, 0) is 6.54 Å². The fraction of sp³-hybridized carbons (Fsp3) is 0.769. The highest BCUT2D eigenvalue weighted by molar-refractivity contribution is 7.15. The second kappa shape index (κ2) is 6.97. The number of aryl methyl sites for hydroxylation is 1. The lowest BCUT2D eigenvalue weighted by molar-refractivity contribution is 0.547. The molecule has 0 aliphatic rings. The lowest BCUT2D eigenvalue weighted by Crippen LogP contribution is -2.27. The van der Waals surface area contributed by atoms with Crippen molar-refractivity contribution in [3.63, 3.8) is 0 Å². The van der Waals surface area contributed by atoms with Crippen molar-refractivity contribution in [2.24, 2.45) is 5.92 Å². The predicted octanol–water partition coefficient (Wildman–Crippen LogP) is 3.04. The first-order valence-corrected chi connectivity index (χ1v) is 7.29. The minimum Gasteiger partial charge on any atom is -0.348 e. The van der Waals surface area contributed by atoms with Crippen LogP contribution in [0.3, 0.4) is 0 Å². The number of nitrogens with zero attached hydrogens (tertiary/aromatic N) is 2. The van der Waals surface area contributed by atoms with E-state index in [4.69, 9.17) is 4.98 Å². The van der Waals surface area contributed by atoms with Crippen LogP contribution in [-0.4, -0.2) is 25.1 Å². The van der Waals surface area contributed by atoms with Crippen LogP contribution in [0, 0.1) is 12.8 Å². The lowest BCUT2D eigenvalue weighted by Gasteiger charge is -2.23. The van der Waals surface area contributed by atoms with Gasteiger partial charge in [0.1, 0.15) is 0 Å². The van der Waals surface area contributed by atoms with Gasteiger partial charge in [0.25, 0.3) is 0 Å². The number of rotatable bonds is 7. The van der Waals surface area contributed by atoms with Gasteiger partial charge < -0.3 is 10.2 Å². The van der Waals surface area contributed by atoms with E-state index < -0.39 is 0 Å². The third-order valence-corrected chi connectivity index (χ3v) is 4.32. The number of nitrogens with one attached hydrogen (secondary N) is 1. The van der Waals surface area contributed by atoms with Gasteiger partial charge in [-0.2, -0.15) is 0 Å². The first kappa shape index (κ1) is 14.5. The number of aromatic nitrogens is 1. The summed E-state index contributed by atoms with van der Waals surface area (Å²) >= 11 is 1.82. The Bertz CT molecular complexity index is 335. The van der Waals surface area contributed by atoms with Crippen molar-refractivity contribution in [2.45, 2.75) is 40.7 Å². The van der Waals surface area contributed by atoms with Gasteiger partial charge in [-0.1, -0.05) is 20.3 Å². The van der Waals surface area contributed by atoms with Gasteiger partial charge >= 0.3 is 0 Å². The van der Waals surface area contributed by atoms with Crippen molar-refractivity contribution in [2.75, 3.05) is 25.0 Å². The highest BCUT2D eigenvalue weighted by atomic mass is 32.1. The van der Waals surface area contributed by atoms with Gasteiger partial charge in [-0.25, -0.2) is 4.98 Å². The Hall–Kier alpha value is -0.610. The average molecular weight is 255 g/mol. The van der Waals surface area contributed by atoms with E-state index in [0.717, 1.165) is 25.6 Å². The molecule has 1 aromatic rings. The lowest BCUT2D eigenvalue weighted by atomic mass is 10.1. The summed E-state index contributed by atoms with van der Waals surface area (Å²) in [6.45, 7) is 11.9. The van der Waals surface area contributed by atoms with Crippen LogP contribution in [0.1, 0.15) is 37.8 Å². The van der Waals surface area contributed by atoms with Crippen molar-refractivity contribution >= 4 is 16.5 Å². The largest absolute Gasteiger partial charge is 0.348 e. The summed E-state index contributed by atoms with van der Waals surface area (Å²) in [5, 5.41) is 4.38. The topological polar surface area (TPSA) is 28.2 Å². The molecule has 0 fully saturated rings. The molecule has 98 valence electrons. The molecule has 3 nitrogen and oxygen atoms in total. The Morgan fingerprint density at radius 3 is 2.65 bits per heavy atom. The summed E-state index contributed by atoms with van der Waals surface area (Å²) in [5.74, 6) is 0.729. The fourth-order valence-corrected chi connectivity index (χ4v) is 2.87. The van der Waals surface area contributed by atoms with Gasteiger partial charge in [0.15, 0.2) is 5.13 Å². The molecule has 0 radical (unpaired) electrons. The van der Waals surface area contributed by atoms with Gasteiger partial charge in [0.05, 0.1) is 5.69 Å². The van der Waals surface area contributed by atoms with Crippen LogP contribution >= 0.6 is 11.3 Å². The predicted molar refractivity (Wildman–Crippen MR) is 77.0 cm³/mol. The van der Waals surface area contributed by atoms with Crippen molar-refractivity contribution in [1.82, 2.24) is 10.3 Å². The molecule has 0 aromatic carbocycles. The Morgan fingerprint density at radius 1 is 1.41 bits per heavy atom. The molecule has 4 heteroatoms. The molecule has 17 heavy (non-hydrogen) atoms. The van der Waals surface area contributed by atoms with E-state index in [9.17, 15) is 0 Å². The molecule has 1 N–H and O–H groups in total. The normalized spacial score (nSPS) is 12.8. The second-order valence-corrected chi connectivity index (χ2v) is 5.65. The summed E-state index contributed by atoms with van der Waals surface area (Å²) in [5.41, 5.74) is 1.17. The van der Waals surface area contributed by atoms with Crippen molar-refractivity contribution in [3.8, 4) is 0 Å². The van der Waals surface area contributed by atoms with Gasteiger partial charge in [0, 0.05) is 24.5 Å². The highest BCUT2D eigenvalue weighted by Crippen LogP contribution is 2.26. The van der Waals surface area contributed by atoms with E-state index in [0.29, 0.717) is 0 Å². The SMILES string of the molecule is CCC(C)CN(CC)c1nc(C)c(CNC)s1. The molecule has 0 saturated carbocycles. The van der Waals surface area contributed by atoms with Crippen LogP contribution in [0.15, 0.2) is 0 Å². The van der Waals surface area contributed by atoms with Crippen LogP contribution in [0.25, 0.3) is 0 Å². The third kappa shape index (κ3) is 3.96. The maximum Gasteiger partial charge on any atom is 0.185 e. The van der Waals surface area contributed by atoms with E-state index >= 15 is 0 Å². The zero-order chi connectivity index (χ0) is 12.8. The van der Waals surface area contributed by atoms with E-state index in [2.05, 4.69) is 37.9 Å². The maximum absolute atomic E-state index is 4.69. The highest BCUT2D eigenvalue weighted by Gasteiger charge is 2.14. The Labute approximate surface area is 109 Å². The van der Waals surface area contributed by atoms with Crippen molar-refractivity contribution < 1.29 is 0 Å². The molecule has 1 rings (SSSR count).